The van der Waals surface area contributed by atoms with E-state index in [1.165, 1.54) is 6.92 Å². The van der Waals surface area contributed by atoms with Gasteiger partial charge in [-0.05, 0) is 6.92 Å². The summed E-state index contributed by atoms with van der Waals surface area (Å²) >= 11 is 0. The van der Waals surface area contributed by atoms with Crippen molar-refractivity contribution >= 4 is 20.8 Å². The van der Waals surface area contributed by atoms with Crippen molar-refractivity contribution in [1.29, 1.82) is 0 Å². The molecule has 11 nitrogen and oxygen atoms in total. The number of hydrogen-bond donors (Lipinski definition) is 3. The van der Waals surface area contributed by atoms with Crippen molar-refractivity contribution in [3.8, 4) is 0 Å². The van der Waals surface area contributed by atoms with Crippen LogP contribution >= 0.6 is 0 Å². The standard InChI is InChI=1S/C7H14O11S2.Na/c1-3-4(8)5(17-19(9,10)11)6(7(15-2)16-3)18-20(12,13)14;/h3-8H,1-2H3,(H,9,10,11)(H,12,13,14);/q;+1/t3-,4-,5+,6+,7+;/m0./s1. The molecule has 0 amide bonds. The van der Waals surface area contributed by atoms with Gasteiger partial charge in [0.25, 0.3) is 0 Å². The summed E-state index contributed by atoms with van der Waals surface area (Å²) < 4.78 is 78.3. The summed E-state index contributed by atoms with van der Waals surface area (Å²) in [7, 11) is -8.97. The summed E-state index contributed by atoms with van der Waals surface area (Å²) in [5.74, 6) is 0. The number of aliphatic hydroxyl groups is 1. The van der Waals surface area contributed by atoms with Crippen LogP contribution in [0.5, 0.6) is 0 Å². The molecular weight excluding hydrogens is 347 g/mol. The topological polar surface area (TPSA) is 166 Å². The SMILES string of the molecule is CO[C@@H]1O[C@@H](C)[C@H](O)[C@@H](OS(=O)(=O)O)[C@H]1OS(=O)(=O)O.[Na+]. The zero-order valence-corrected chi connectivity index (χ0v) is 14.9. The molecule has 0 aliphatic carbocycles. The fraction of sp³-hybridized carbons (Fsp3) is 1.00. The van der Waals surface area contributed by atoms with Gasteiger partial charge in [-0.25, -0.2) is 8.37 Å². The minimum absolute atomic E-state index is 0. The van der Waals surface area contributed by atoms with Crippen LogP contribution < -0.4 is 29.6 Å². The van der Waals surface area contributed by atoms with E-state index in [2.05, 4.69) is 8.37 Å². The maximum Gasteiger partial charge on any atom is 1.00 e. The Balaban J connectivity index is 0.00000400. The van der Waals surface area contributed by atoms with Crippen LogP contribution in [-0.4, -0.2) is 68.9 Å². The average molecular weight is 361 g/mol. The van der Waals surface area contributed by atoms with E-state index in [0.29, 0.717) is 0 Å². The monoisotopic (exact) mass is 361 g/mol. The molecule has 1 saturated heterocycles. The molecule has 0 aromatic carbocycles. The molecule has 120 valence electrons. The average Bonchev–Trinajstić information content (AvgIpc) is 2.25. The molecule has 21 heavy (non-hydrogen) atoms. The van der Waals surface area contributed by atoms with E-state index in [9.17, 15) is 21.9 Å². The molecule has 0 unspecified atom stereocenters. The Bertz CT molecular complexity index is 497. The van der Waals surface area contributed by atoms with Gasteiger partial charge in [0.1, 0.15) is 12.2 Å². The second-order valence-corrected chi connectivity index (χ2v) is 6.01. The van der Waals surface area contributed by atoms with Crippen LogP contribution in [0.2, 0.25) is 0 Å². The second kappa shape index (κ2) is 7.94. The van der Waals surface area contributed by atoms with Gasteiger partial charge >= 0.3 is 50.4 Å². The first-order valence-corrected chi connectivity index (χ1v) is 7.85. The first-order valence-electron chi connectivity index (χ1n) is 5.12. The fourth-order valence-corrected chi connectivity index (χ4v) is 2.65. The van der Waals surface area contributed by atoms with Crippen molar-refractivity contribution < 1.29 is 78.4 Å². The summed E-state index contributed by atoms with van der Waals surface area (Å²) in [6.07, 6.45) is -7.89. The predicted molar refractivity (Wildman–Crippen MR) is 60.2 cm³/mol. The van der Waals surface area contributed by atoms with Crippen molar-refractivity contribution in [2.75, 3.05) is 7.11 Å². The van der Waals surface area contributed by atoms with Crippen molar-refractivity contribution in [2.24, 2.45) is 0 Å². The van der Waals surface area contributed by atoms with E-state index in [4.69, 9.17) is 18.6 Å². The van der Waals surface area contributed by atoms with Crippen molar-refractivity contribution in [2.45, 2.75) is 37.6 Å². The molecule has 0 aromatic heterocycles. The minimum atomic E-state index is -5.03. The Hall–Kier alpha value is 0.620. The normalized spacial score (nSPS) is 34.2. The van der Waals surface area contributed by atoms with Gasteiger partial charge in [-0.3, -0.25) is 9.11 Å². The Labute approximate surface area is 143 Å². The third-order valence-corrected chi connectivity index (χ3v) is 3.39. The quantitative estimate of drug-likeness (QED) is 0.317. The summed E-state index contributed by atoms with van der Waals surface area (Å²) in [5, 5.41) is 9.74. The molecule has 1 aliphatic heterocycles. The Kier molecular flexibility index (Phi) is 8.17. The summed E-state index contributed by atoms with van der Waals surface area (Å²) in [6.45, 7) is 1.32. The zero-order valence-electron chi connectivity index (χ0n) is 11.3. The number of methoxy groups -OCH3 is 1. The van der Waals surface area contributed by atoms with Crippen LogP contribution in [0.3, 0.4) is 0 Å². The predicted octanol–water partition coefficient (Wildman–Crippen LogP) is -4.88. The minimum Gasteiger partial charge on any atom is -0.388 e. The first-order chi connectivity index (χ1) is 8.94. The van der Waals surface area contributed by atoms with E-state index in [1.54, 1.807) is 0 Å². The van der Waals surface area contributed by atoms with Gasteiger partial charge in [-0.15, -0.1) is 0 Å². The first kappa shape index (κ1) is 21.6. The maximum atomic E-state index is 10.7. The number of ether oxygens (including phenoxy) is 2. The smallest absolute Gasteiger partial charge is 0.388 e. The van der Waals surface area contributed by atoms with Crippen LogP contribution in [0, 0.1) is 0 Å². The van der Waals surface area contributed by atoms with E-state index in [1.807, 2.05) is 0 Å². The number of rotatable bonds is 5. The van der Waals surface area contributed by atoms with Crippen LogP contribution in [0.1, 0.15) is 6.92 Å². The summed E-state index contributed by atoms with van der Waals surface area (Å²) in [4.78, 5) is 0. The fourth-order valence-electron chi connectivity index (χ4n) is 1.67. The van der Waals surface area contributed by atoms with Crippen molar-refractivity contribution in [3.05, 3.63) is 0 Å². The number of hydrogen-bond acceptors (Lipinski definition) is 9. The van der Waals surface area contributed by atoms with Crippen molar-refractivity contribution in [1.82, 2.24) is 0 Å². The van der Waals surface area contributed by atoms with Crippen LogP contribution in [0.15, 0.2) is 0 Å². The van der Waals surface area contributed by atoms with Gasteiger partial charge in [0.05, 0.1) is 6.10 Å². The summed E-state index contributed by atoms with van der Waals surface area (Å²) in [5.41, 5.74) is 0. The Morgan fingerprint density at radius 3 is 1.81 bits per heavy atom. The van der Waals surface area contributed by atoms with Gasteiger partial charge in [0, 0.05) is 7.11 Å². The van der Waals surface area contributed by atoms with Gasteiger partial charge in [-0.2, -0.15) is 16.8 Å². The molecule has 3 N–H and O–H groups in total. The Morgan fingerprint density at radius 2 is 1.43 bits per heavy atom. The second-order valence-electron chi connectivity index (χ2n) is 3.91. The maximum absolute atomic E-state index is 10.7. The third kappa shape index (κ3) is 6.72. The molecule has 1 aliphatic rings. The molecule has 0 aromatic rings. The van der Waals surface area contributed by atoms with E-state index in [-0.39, 0.29) is 29.6 Å². The largest absolute Gasteiger partial charge is 1.00 e. The number of aliphatic hydroxyl groups excluding tert-OH is 1. The van der Waals surface area contributed by atoms with Crippen LogP contribution in [0.25, 0.3) is 0 Å². The molecule has 14 heteroatoms. The summed E-state index contributed by atoms with van der Waals surface area (Å²) in [6, 6.07) is 0. The van der Waals surface area contributed by atoms with Gasteiger partial charge in [0.2, 0.25) is 0 Å². The zero-order chi connectivity index (χ0) is 15.7. The van der Waals surface area contributed by atoms with E-state index in [0.717, 1.165) is 7.11 Å². The van der Waals surface area contributed by atoms with Gasteiger partial charge < -0.3 is 14.6 Å². The van der Waals surface area contributed by atoms with Gasteiger partial charge in [-0.1, -0.05) is 0 Å². The van der Waals surface area contributed by atoms with Crippen LogP contribution in [-0.2, 0) is 38.6 Å². The molecule has 0 bridgehead atoms. The Morgan fingerprint density at radius 1 is 1.00 bits per heavy atom. The van der Waals surface area contributed by atoms with E-state index >= 15 is 0 Å². The van der Waals surface area contributed by atoms with E-state index < -0.39 is 51.5 Å². The molecule has 5 atom stereocenters. The molecule has 0 radical (unpaired) electrons. The molecule has 0 saturated carbocycles. The van der Waals surface area contributed by atoms with Gasteiger partial charge in [0.15, 0.2) is 12.4 Å². The molecule has 1 fully saturated rings. The third-order valence-electron chi connectivity index (χ3n) is 2.46. The molecule has 0 spiro atoms. The molecule has 1 heterocycles. The molecular formula is C7H14NaO11S2+. The molecule has 1 rings (SSSR count). The van der Waals surface area contributed by atoms with Crippen LogP contribution in [0.4, 0.5) is 0 Å². The van der Waals surface area contributed by atoms with Crippen molar-refractivity contribution in [3.63, 3.8) is 0 Å².